The van der Waals surface area contributed by atoms with Crippen LogP contribution in [0.15, 0.2) is 35.9 Å². The van der Waals surface area contributed by atoms with Crippen LogP contribution < -0.4 is 5.73 Å². The molecule has 0 radical (unpaired) electrons. The summed E-state index contributed by atoms with van der Waals surface area (Å²) in [6.07, 6.45) is 5.85. The second-order valence-corrected chi connectivity index (χ2v) is 5.19. The van der Waals surface area contributed by atoms with Gasteiger partial charge in [0.05, 0.1) is 6.61 Å². The molecule has 2 heterocycles. The minimum atomic E-state index is -0.498. The number of hydrogen-bond acceptors (Lipinski definition) is 7. The van der Waals surface area contributed by atoms with E-state index in [2.05, 4.69) is 15.0 Å². The van der Waals surface area contributed by atoms with E-state index >= 15 is 0 Å². The normalized spacial score (nSPS) is 10.3. The molecule has 0 atom stereocenters. The number of pyridine rings is 1. The van der Waals surface area contributed by atoms with Gasteiger partial charge >= 0.3 is 5.97 Å². The molecule has 0 aliphatic heterocycles. The first-order valence-electron chi connectivity index (χ1n) is 6.52. The van der Waals surface area contributed by atoms with Gasteiger partial charge in [-0.05, 0) is 25.0 Å². The molecule has 0 fully saturated rings. The zero-order chi connectivity index (χ0) is 15.1. The van der Waals surface area contributed by atoms with Crippen molar-refractivity contribution in [3.63, 3.8) is 0 Å². The van der Waals surface area contributed by atoms with Gasteiger partial charge in [0, 0.05) is 24.3 Å². The van der Waals surface area contributed by atoms with Crippen molar-refractivity contribution in [3.05, 3.63) is 41.9 Å². The number of thioether (sulfide) groups is 1. The predicted octanol–water partition coefficient (Wildman–Crippen LogP) is 1.97. The third-order valence-electron chi connectivity index (χ3n) is 2.64. The fourth-order valence-electron chi connectivity index (χ4n) is 1.62. The molecule has 0 amide bonds. The van der Waals surface area contributed by atoms with E-state index in [1.165, 1.54) is 18.0 Å². The Balaban J connectivity index is 1.93. The number of rotatable bonds is 6. The SMILES string of the molecule is CCOC(=O)c1cnc(SCCc2cccnc2)nc1N. The summed E-state index contributed by atoms with van der Waals surface area (Å²) in [4.78, 5) is 23.9. The number of carbonyl (C=O) groups excluding carboxylic acids is 1. The van der Waals surface area contributed by atoms with Gasteiger partial charge in [0.1, 0.15) is 11.4 Å². The lowest BCUT2D eigenvalue weighted by atomic mass is 10.2. The monoisotopic (exact) mass is 304 g/mol. The molecule has 0 aliphatic rings. The second-order valence-electron chi connectivity index (χ2n) is 4.13. The number of aryl methyl sites for hydroxylation is 1. The highest BCUT2D eigenvalue weighted by atomic mass is 32.2. The zero-order valence-corrected chi connectivity index (χ0v) is 12.5. The highest BCUT2D eigenvalue weighted by molar-refractivity contribution is 7.99. The average molecular weight is 304 g/mol. The van der Waals surface area contributed by atoms with E-state index in [0.717, 1.165) is 17.7 Å². The highest BCUT2D eigenvalue weighted by Gasteiger charge is 2.13. The topological polar surface area (TPSA) is 91.0 Å². The molecular weight excluding hydrogens is 288 g/mol. The number of esters is 1. The lowest BCUT2D eigenvalue weighted by molar-refractivity contribution is 0.0526. The van der Waals surface area contributed by atoms with Crippen molar-refractivity contribution in [2.75, 3.05) is 18.1 Å². The van der Waals surface area contributed by atoms with Crippen molar-refractivity contribution < 1.29 is 9.53 Å². The van der Waals surface area contributed by atoms with Crippen LogP contribution in [0.1, 0.15) is 22.8 Å². The summed E-state index contributed by atoms with van der Waals surface area (Å²) in [7, 11) is 0. The number of nitrogens with two attached hydrogens (primary N) is 1. The molecule has 0 saturated carbocycles. The van der Waals surface area contributed by atoms with Crippen LogP contribution in [0.25, 0.3) is 0 Å². The second kappa shape index (κ2) is 7.58. The van der Waals surface area contributed by atoms with Crippen LogP contribution in [0.4, 0.5) is 5.82 Å². The maximum Gasteiger partial charge on any atom is 0.343 e. The summed E-state index contributed by atoms with van der Waals surface area (Å²) in [5, 5.41) is 0.546. The fourth-order valence-corrected chi connectivity index (χ4v) is 2.43. The van der Waals surface area contributed by atoms with E-state index in [-0.39, 0.29) is 11.4 Å². The minimum absolute atomic E-state index is 0.146. The van der Waals surface area contributed by atoms with Crippen LogP contribution >= 0.6 is 11.8 Å². The summed E-state index contributed by atoms with van der Waals surface area (Å²) in [5.74, 6) is 0.457. The lowest BCUT2D eigenvalue weighted by Gasteiger charge is -2.06. The van der Waals surface area contributed by atoms with Gasteiger partial charge in [-0.25, -0.2) is 14.8 Å². The number of carbonyl (C=O) groups is 1. The summed E-state index contributed by atoms with van der Waals surface area (Å²) >= 11 is 1.48. The maximum atomic E-state index is 11.6. The quantitative estimate of drug-likeness (QED) is 0.495. The molecule has 0 aliphatic carbocycles. The van der Waals surface area contributed by atoms with E-state index < -0.39 is 5.97 Å². The van der Waals surface area contributed by atoms with Crippen LogP contribution in [0.2, 0.25) is 0 Å². The summed E-state index contributed by atoms with van der Waals surface area (Å²) < 4.78 is 4.87. The molecule has 2 aromatic rings. The van der Waals surface area contributed by atoms with E-state index in [0.29, 0.717) is 11.8 Å². The van der Waals surface area contributed by atoms with Crippen molar-refractivity contribution >= 4 is 23.5 Å². The van der Waals surface area contributed by atoms with Crippen LogP contribution in [-0.4, -0.2) is 33.3 Å². The van der Waals surface area contributed by atoms with Gasteiger partial charge in [-0.15, -0.1) is 0 Å². The van der Waals surface area contributed by atoms with Crippen molar-refractivity contribution in [1.82, 2.24) is 15.0 Å². The first kappa shape index (κ1) is 15.2. The van der Waals surface area contributed by atoms with Gasteiger partial charge in [0.15, 0.2) is 5.16 Å². The molecule has 6 nitrogen and oxygen atoms in total. The smallest absolute Gasteiger partial charge is 0.343 e. The Labute approximate surface area is 127 Å². The molecule has 2 rings (SSSR count). The number of nitrogens with zero attached hydrogens (tertiary/aromatic N) is 3. The first-order valence-corrected chi connectivity index (χ1v) is 7.50. The molecule has 2 N–H and O–H groups in total. The van der Waals surface area contributed by atoms with Gasteiger partial charge in [0.2, 0.25) is 0 Å². The number of hydrogen-bond donors (Lipinski definition) is 1. The van der Waals surface area contributed by atoms with Crippen molar-refractivity contribution in [2.45, 2.75) is 18.5 Å². The predicted molar refractivity (Wildman–Crippen MR) is 81.1 cm³/mol. The fraction of sp³-hybridized carbons (Fsp3) is 0.286. The standard InChI is InChI=1S/C14H16N4O2S/c1-2-20-13(19)11-9-17-14(18-12(11)15)21-7-5-10-4-3-6-16-8-10/h3-4,6,8-9H,2,5,7H2,1H3,(H2,15,17,18). The molecule has 0 saturated heterocycles. The summed E-state index contributed by atoms with van der Waals surface area (Å²) in [6.45, 7) is 2.03. The third kappa shape index (κ3) is 4.42. The van der Waals surface area contributed by atoms with Crippen molar-refractivity contribution in [3.8, 4) is 0 Å². The summed E-state index contributed by atoms with van der Waals surface area (Å²) in [5.41, 5.74) is 7.12. The first-order chi connectivity index (χ1) is 10.2. The Kier molecular flexibility index (Phi) is 5.51. The summed E-state index contributed by atoms with van der Waals surface area (Å²) in [6, 6.07) is 3.93. The molecule has 0 aromatic carbocycles. The molecule has 110 valence electrons. The van der Waals surface area contributed by atoms with Crippen molar-refractivity contribution in [1.29, 1.82) is 0 Å². The van der Waals surface area contributed by atoms with Gasteiger partial charge < -0.3 is 10.5 Å². The van der Waals surface area contributed by atoms with E-state index in [1.807, 2.05) is 18.3 Å². The van der Waals surface area contributed by atoms with Crippen LogP contribution in [0.5, 0.6) is 0 Å². The Bertz CT molecular complexity index is 607. The number of ether oxygens (including phenoxy) is 1. The van der Waals surface area contributed by atoms with E-state index in [4.69, 9.17) is 10.5 Å². The Morgan fingerprint density at radius 1 is 1.43 bits per heavy atom. The van der Waals surface area contributed by atoms with Gasteiger partial charge in [-0.2, -0.15) is 0 Å². The Morgan fingerprint density at radius 2 is 2.29 bits per heavy atom. The molecule has 0 spiro atoms. The van der Waals surface area contributed by atoms with Crippen LogP contribution in [0.3, 0.4) is 0 Å². The highest BCUT2D eigenvalue weighted by Crippen LogP contribution is 2.18. The maximum absolute atomic E-state index is 11.6. The van der Waals surface area contributed by atoms with Gasteiger partial charge in [-0.1, -0.05) is 17.8 Å². The molecular formula is C14H16N4O2S. The lowest BCUT2D eigenvalue weighted by Crippen LogP contribution is -2.10. The minimum Gasteiger partial charge on any atom is -0.462 e. The molecule has 2 aromatic heterocycles. The zero-order valence-electron chi connectivity index (χ0n) is 11.7. The van der Waals surface area contributed by atoms with Crippen molar-refractivity contribution in [2.24, 2.45) is 0 Å². The number of anilines is 1. The van der Waals surface area contributed by atoms with Crippen LogP contribution in [-0.2, 0) is 11.2 Å². The van der Waals surface area contributed by atoms with E-state index in [9.17, 15) is 4.79 Å². The molecule has 7 heteroatoms. The molecule has 0 bridgehead atoms. The average Bonchev–Trinajstić information content (AvgIpc) is 2.48. The Morgan fingerprint density at radius 3 is 2.95 bits per heavy atom. The number of nitrogen functional groups attached to an aromatic ring is 1. The van der Waals surface area contributed by atoms with Gasteiger partial charge in [-0.3, -0.25) is 4.98 Å². The molecule has 0 unspecified atom stereocenters. The van der Waals surface area contributed by atoms with E-state index in [1.54, 1.807) is 13.1 Å². The van der Waals surface area contributed by atoms with Gasteiger partial charge in [0.25, 0.3) is 0 Å². The largest absolute Gasteiger partial charge is 0.462 e. The Hall–Kier alpha value is -2.15. The van der Waals surface area contributed by atoms with Crippen LogP contribution in [0, 0.1) is 0 Å². The molecule has 21 heavy (non-hydrogen) atoms. The number of aromatic nitrogens is 3. The third-order valence-corrected chi connectivity index (χ3v) is 3.50.